The summed E-state index contributed by atoms with van der Waals surface area (Å²) >= 11 is 0. The summed E-state index contributed by atoms with van der Waals surface area (Å²) in [6, 6.07) is 0. The molecule has 2 heteroatoms. The molecule has 0 saturated carbocycles. The summed E-state index contributed by atoms with van der Waals surface area (Å²) in [4.78, 5) is 0. The van der Waals surface area contributed by atoms with Crippen LogP contribution in [0.1, 0.15) is 39.5 Å². The van der Waals surface area contributed by atoms with Crippen LogP contribution in [0.15, 0.2) is 0 Å². The van der Waals surface area contributed by atoms with Gasteiger partial charge in [-0.1, -0.05) is 13.8 Å². The van der Waals surface area contributed by atoms with Crippen LogP contribution in [0.25, 0.3) is 0 Å². The van der Waals surface area contributed by atoms with E-state index in [9.17, 15) is 0 Å². The first-order valence-corrected chi connectivity index (χ1v) is 5.76. The van der Waals surface area contributed by atoms with Gasteiger partial charge in [0.05, 0.1) is 26.2 Å². The lowest BCUT2D eigenvalue weighted by Gasteiger charge is -2.33. The van der Waals surface area contributed by atoms with Crippen LogP contribution in [-0.4, -0.2) is 37.5 Å². The van der Waals surface area contributed by atoms with Gasteiger partial charge in [0.25, 0.3) is 0 Å². The lowest BCUT2D eigenvalue weighted by atomic mass is 10.4. The van der Waals surface area contributed by atoms with Gasteiger partial charge in [-0.3, -0.25) is 0 Å². The molecule has 0 amide bonds. The Kier molecular flexibility index (Phi) is 4.74. The fourth-order valence-electron chi connectivity index (χ4n) is 2.30. The highest BCUT2D eigenvalue weighted by atomic mass is 16.5. The van der Waals surface area contributed by atoms with E-state index in [1.54, 1.807) is 0 Å². The van der Waals surface area contributed by atoms with Crippen LogP contribution in [0.4, 0.5) is 0 Å². The van der Waals surface area contributed by atoms with Crippen molar-refractivity contribution in [3.63, 3.8) is 0 Å². The number of rotatable bonds is 6. The van der Waals surface area contributed by atoms with Crippen molar-refractivity contribution in [1.82, 2.24) is 0 Å². The highest BCUT2D eigenvalue weighted by Crippen LogP contribution is 2.19. The van der Waals surface area contributed by atoms with E-state index in [2.05, 4.69) is 13.8 Å². The fraction of sp³-hybridized carbons (Fsp3) is 1.00. The van der Waals surface area contributed by atoms with E-state index < -0.39 is 0 Å². The van der Waals surface area contributed by atoms with Crippen LogP contribution in [0.5, 0.6) is 0 Å². The third-order valence-electron chi connectivity index (χ3n) is 2.93. The lowest BCUT2D eigenvalue weighted by Crippen LogP contribution is -2.47. The van der Waals surface area contributed by atoms with Crippen molar-refractivity contribution in [2.24, 2.45) is 0 Å². The topological polar surface area (TPSA) is 9.23 Å². The zero-order chi connectivity index (χ0) is 9.57. The van der Waals surface area contributed by atoms with Gasteiger partial charge in [0.2, 0.25) is 0 Å². The van der Waals surface area contributed by atoms with Crippen LogP contribution < -0.4 is 0 Å². The third kappa shape index (κ3) is 3.28. The van der Waals surface area contributed by atoms with E-state index in [4.69, 9.17) is 4.74 Å². The molecule has 13 heavy (non-hydrogen) atoms. The maximum Gasteiger partial charge on any atom is 0.183 e. The number of hydrogen-bond acceptors (Lipinski definition) is 1. The van der Waals surface area contributed by atoms with E-state index in [-0.39, 0.29) is 0 Å². The Hall–Kier alpha value is -0.0800. The number of ether oxygens (including phenoxy) is 1. The SMILES string of the molecule is CCCOC[N+]1(CCC)CCCC1. The summed E-state index contributed by atoms with van der Waals surface area (Å²) in [6.45, 7) is 10.3. The smallest absolute Gasteiger partial charge is 0.183 e. The van der Waals surface area contributed by atoms with Gasteiger partial charge in [-0.15, -0.1) is 0 Å². The standard InChI is InChI=1S/C11H24NO/c1-3-7-12(8-5-6-9-12)11-13-10-4-2/h3-11H2,1-2H3/q+1. The molecule has 0 atom stereocenters. The first-order valence-electron chi connectivity index (χ1n) is 5.76. The molecular formula is C11H24NO+. The Balaban J connectivity index is 2.28. The zero-order valence-corrected chi connectivity index (χ0v) is 9.22. The summed E-state index contributed by atoms with van der Waals surface area (Å²) in [5.74, 6) is 0. The van der Waals surface area contributed by atoms with Crippen LogP contribution in [-0.2, 0) is 4.74 Å². The van der Waals surface area contributed by atoms with Gasteiger partial charge >= 0.3 is 0 Å². The van der Waals surface area contributed by atoms with Gasteiger partial charge in [-0.2, -0.15) is 0 Å². The van der Waals surface area contributed by atoms with Crippen molar-refractivity contribution in [2.45, 2.75) is 39.5 Å². The van der Waals surface area contributed by atoms with Gasteiger partial charge in [-0.05, 0) is 12.8 Å². The molecule has 1 saturated heterocycles. The molecule has 78 valence electrons. The van der Waals surface area contributed by atoms with E-state index in [1.807, 2.05) is 0 Å². The second-order valence-corrected chi connectivity index (χ2v) is 4.26. The van der Waals surface area contributed by atoms with Crippen molar-refractivity contribution in [2.75, 3.05) is 33.0 Å². The van der Waals surface area contributed by atoms with Crippen LogP contribution >= 0.6 is 0 Å². The first-order chi connectivity index (χ1) is 6.33. The van der Waals surface area contributed by atoms with Gasteiger partial charge in [0.15, 0.2) is 6.73 Å². The lowest BCUT2D eigenvalue weighted by molar-refractivity contribution is -0.935. The maximum atomic E-state index is 5.69. The summed E-state index contributed by atoms with van der Waals surface area (Å²) < 4.78 is 6.93. The normalized spacial score (nSPS) is 20.8. The average molecular weight is 186 g/mol. The molecule has 0 aromatic carbocycles. The van der Waals surface area contributed by atoms with Crippen LogP contribution in [0.2, 0.25) is 0 Å². The monoisotopic (exact) mass is 186 g/mol. The van der Waals surface area contributed by atoms with Crippen molar-refractivity contribution in [1.29, 1.82) is 0 Å². The number of nitrogens with zero attached hydrogens (tertiary/aromatic N) is 1. The van der Waals surface area contributed by atoms with Gasteiger partial charge in [-0.25, -0.2) is 0 Å². The van der Waals surface area contributed by atoms with E-state index in [0.29, 0.717) is 0 Å². The molecule has 1 rings (SSSR count). The van der Waals surface area contributed by atoms with Gasteiger partial charge in [0, 0.05) is 12.8 Å². The molecule has 1 fully saturated rings. The Morgan fingerprint density at radius 3 is 2.31 bits per heavy atom. The van der Waals surface area contributed by atoms with Crippen molar-refractivity contribution in [3.05, 3.63) is 0 Å². The molecule has 0 aromatic rings. The largest absolute Gasteiger partial charge is 0.332 e. The minimum Gasteiger partial charge on any atom is -0.332 e. The molecule has 1 heterocycles. The molecule has 0 aliphatic carbocycles. The molecule has 1 aliphatic heterocycles. The zero-order valence-electron chi connectivity index (χ0n) is 9.22. The molecule has 0 bridgehead atoms. The van der Waals surface area contributed by atoms with Gasteiger partial charge in [0.1, 0.15) is 0 Å². The fourth-order valence-corrected chi connectivity index (χ4v) is 2.30. The minimum atomic E-state index is 0.934. The minimum absolute atomic E-state index is 0.934. The van der Waals surface area contributed by atoms with E-state index in [1.165, 1.54) is 43.4 Å². The Morgan fingerprint density at radius 1 is 1.08 bits per heavy atom. The molecular weight excluding hydrogens is 162 g/mol. The Labute approximate surface area is 82.5 Å². The summed E-state index contributed by atoms with van der Waals surface area (Å²) in [6.07, 6.45) is 5.23. The third-order valence-corrected chi connectivity index (χ3v) is 2.93. The summed E-state index contributed by atoms with van der Waals surface area (Å²) in [7, 11) is 0. The quantitative estimate of drug-likeness (QED) is 0.457. The van der Waals surface area contributed by atoms with E-state index >= 15 is 0 Å². The average Bonchev–Trinajstić information content (AvgIpc) is 2.55. The van der Waals surface area contributed by atoms with E-state index in [0.717, 1.165) is 19.8 Å². The number of hydrogen-bond donors (Lipinski definition) is 0. The second kappa shape index (κ2) is 5.61. The summed E-state index contributed by atoms with van der Waals surface area (Å²) in [5.41, 5.74) is 0. The molecule has 1 aliphatic rings. The van der Waals surface area contributed by atoms with Gasteiger partial charge < -0.3 is 9.22 Å². The maximum absolute atomic E-state index is 5.69. The highest BCUT2D eigenvalue weighted by Gasteiger charge is 2.30. The molecule has 2 nitrogen and oxygen atoms in total. The predicted octanol–water partition coefficient (Wildman–Crippen LogP) is 2.39. The molecule has 0 aromatic heterocycles. The molecule has 0 unspecified atom stereocenters. The molecule has 0 radical (unpaired) electrons. The Morgan fingerprint density at radius 2 is 1.77 bits per heavy atom. The molecule has 0 N–H and O–H groups in total. The van der Waals surface area contributed by atoms with Crippen molar-refractivity contribution in [3.8, 4) is 0 Å². The van der Waals surface area contributed by atoms with Crippen molar-refractivity contribution >= 4 is 0 Å². The predicted molar refractivity (Wildman–Crippen MR) is 55.5 cm³/mol. The Bertz CT molecular complexity index is 130. The van der Waals surface area contributed by atoms with Crippen LogP contribution in [0, 0.1) is 0 Å². The molecule has 0 spiro atoms. The highest BCUT2D eigenvalue weighted by molar-refractivity contribution is 4.52. The number of quaternary nitrogens is 1. The van der Waals surface area contributed by atoms with Crippen LogP contribution in [0.3, 0.4) is 0 Å². The first kappa shape index (κ1) is 11.0. The summed E-state index contributed by atoms with van der Waals surface area (Å²) in [5, 5.41) is 0. The van der Waals surface area contributed by atoms with Crippen molar-refractivity contribution < 1.29 is 9.22 Å². The number of likely N-dealkylation sites (tertiary alicyclic amines) is 1. The second-order valence-electron chi connectivity index (χ2n) is 4.26.